The minimum absolute atomic E-state index is 0.0107. The fourth-order valence-corrected chi connectivity index (χ4v) is 3.07. The third-order valence-corrected chi connectivity index (χ3v) is 4.55. The number of phenols is 1. The predicted molar refractivity (Wildman–Crippen MR) is 103 cm³/mol. The van der Waals surface area contributed by atoms with Gasteiger partial charge in [0.1, 0.15) is 11.6 Å². The number of ether oxygens (including phenoxy) is 1. The van der Waals surface area contributed by atoms with Crippen LogP contribution in [-0.4, -0.2) is 49.2 Å². The Bertz CT molecular complexity index is 879. The molecule has 1 heterocycles. The van der Waals surface area contributed by atoms with E-state index in [2.05, 4.69) is 17.0 Å². The lowest BCUT2D eigenvalue weighted by atomic mass is 10.1. The number of anilines is 1. The molecule has 0 radical (unpaired) electrons. The van der Waals surface area contributed by atoms with Crippen molar-refractivity contribution in [1.82, 2.24) is 4.90 Å². The maximum absolute atomic E-state index is 12.7. The molecule has 1 saturated heterocycles. The Hall–Kier alpha value is -3.46. The van der Waals surface area contributed by atoms with Gasteiger partial charge in [-0.2, -0.15) is 5.26 Å². The standard InChI is InChI=1S/C21H21N3O3/c1-27-20-14-16(7-8-19(20)25)13-17(15-22)21(26)24-11-9-23(10-12-24)18-5-3-2-4-6-18/h2-8,13-14,25H,9-12H2,1H3/b17-13-. The first kappa shape index (κ1) is 18.3. The number of carbonyl (C=O) groups is 1. The fraction of sp³-hybridized carbons (Fsp3) is 0.238. The van der Waals surface area contributed by atoms with Gasteiger partial charge in [-0.25, -0.2) is 0 Å². The third kappa shape index (κ3) is 4.21. The molecule has 27 heavy (non-hydrogen) atoms. The highest BCUT2D eigenvalue weighted by Crippen LogP contribution is 2.27. The average Bonchev–Trinajstić information content (AvgIpc) is 2.73. The van der Waals surface area contributed by atoms with Crippen LogP contribution in [0.1, 0.15) is 5.56 Å². The van der Waals surface area contributed by atoms with Crippen molar-refractivity contribution in [3.8, 4) is 17.6 Å². The van der Waals surface area contributed by atoms with E-state index >= 15 is 0 Å². The van der Waals surface area contributed by atoms with Crippen molar-refractivity contribution in [2.24, 2.45) is 0 Å². The van der Waals surface area contributed by atoms with Crippen molar-refractivity contribution in [1.29, 1.82) is 5.26 Å². The van der Waals surface area contributed by atoms with Crippen molar-refractivity contribution in [3.05, 3.63) is 59.7 Å². The zero-order chi connectivity index (χ0) is 19.2. The van der Waals surface area contributed by atoms with Crippen LogP contribution in [0, 0.1) is 11.3 Å². The van der Waals surface area contributed by atoms with Crippen LogP contribution in [0.4, 0.5) is 5.69 Å². The Morgan fingerprint density at radius 3 is 2.48 bits per heavy atom. The van der Waals surface area contributed by atoms with Gasteiger partial charge in [0.2, 0.25) is 0 Å². The molecule has 1 aliphatic rings. The second-order valence-electron chi connectivity index (χ2n) is 6.22. The molecule has 0 aliphatic carbocycles. The summed E-state index contributed by atoms with van der Waals surface area (Å²) in [6.45, 7) is 2.57. The molecule has 6 nitrogen and oxygen atoms in total. The molecule has 0 bridgehead atoms. The van der Waals surface area contributed by atoms with Crippen LogP contribution < -0.4 is 9.64 Å². The first-order valence-electron chi connectivity index (χ1n) is 8.70. The van der Waals surface area contributed by atoms with E-state index in [9.17, 15) is 15.2 Å². The highest BCUT2D eigenvalue weighted by atomic mass is 16.5. The lowest BCUT2D eigenvalue weighted by Gasteiger charge is -2.36. The van der Waals surface area contributed by atoms with E-state index in [1.165, 1.54) is 19.3 Å². The van der Waals surface area contributed by atoms with Gasteiger partial charge in [0.25, 0.3) is 5.91 Å². The summed E-state index contributed by atoms with van der Waals surface area (Å²) in [6.07, 6.45) is 1.52. The van der Waals surface area contributed by atoms with Crippen molar-refractivity contribution in [2.45, 2.75) is 0 Å². The summed E-state index contributed by atoms with van der Waals surface area (Å²) >= 11 is 0. The second kappa shape index (κ2) is 8.28. The second-order valence-corrected chi connectivity index (χ2v) is 6.22. The summed E-state index contributed by atoms with van der Waals surface area (Å²) in [6, 6.07) is 16.8. The number of aromatic hydroxyl groups is 1. The number of piperazine rings is 1. The van der Waals surface area contributed by atoms with E-state index in [-0.39, 0.29) is 17.2 Å². The Morgan fingerprint density at radius 1 is 1.15 bits per heavy atom. The number of carbonyl (C=O) groups excluding carboxylic acids is 1. The topological polar surface area (TPSA) is 76.8 Å². The quantitative estimate of drug-likeness (QED) is 0.668. The van der Waals surface area contributed by atoms with Crippen molar-refractivity contribution >= 4 is 17.7 Å². The van der Waals surface area contributed by atoms with E-state index in [1.54, 1.807) is 17.0 Å². The lowest BCUT2D eigenvalue weighted by molar-refractivity contribution is -0.126. The number of nitrogens with zero attached hydrogens (tertiary/aromatic N) is 3. The van der Waals surface area contributed by atoms with Crippen LogP contribution in [0.2, 0.25) is 0 Å². The summed E-state index contributed by atoms with van der Waals surface area (Å²) in [7, 11) is 1.45. The highest BCUT2D eigenvalue weighted by Gasteiger charge is 2.23. The van der Waals surface area contributed by atoms with Gasteiger partial charge in [0.05, 0.1) is 7.11 Å². The Labute approximate surface area is 158 Å². The van der Waals surface area contributed by atoms with Gasteiger partial charge in [-0.1, -0.05) is 24.3 Å². The monoisotopic (exact) mass is 363 g/mol. The van der Waals surface area contributed by atoms with Crippen LogP contribution in [0.5, 0.6) is 11.5 Å². The van der Waals surface area contributed by atoms with Gasteiger partial charge >= 0.3 is 0 Å². The molecular formula is C21H21N3O3. The molecule has 1 aliphatic heterocycles. The summed E-state index contributed by atoms with van der Waals surface area (Å²) < 4.78 is 5.07. The van der Waals surface area contributed by atoms with Gasteiger partial charge in [-0.3, -0.25) is 4.79 Å². The SMILES string of the molecule is COc1cc(/C=C(/C#N)C(=O)N2CCN(c3ccccc3)CC2)ccc1O. The number of methoxy groups -OCH3 is 1. The zero-order valence-electron chi connectivity index (χ0n) is 15.1. The molecule has 6 heteroatoms. The predicted octanol–water partition coefficient (Wildman–Crippen LogP) is 2.66. The molecule has 2 aromatic rings. The number of amides is 1. The Balaban J connectivity index is 1.70. The van der Waals surface area contributed by atoms with E-state index in [0.29, 0.717) is 24.4 Å². The molecule has 2 aromatic carbocycles. The minimum atomic E-state index is -0.280. The Kier molecular flexibility index (Phi) is 5.62. The summed E-state index contributed by atoms with van der Waals surface area (Å²) in [4.78, 5) is 16.7. The molecule has 0 spiro atoms. The summed E-state index contributed by atoms with van der Waals surface area (Å²) in [5.74, 6) is 0.0266. The summed E-state index contributed by atoms with van der Waals surface area (Å²) in [5, 5.41) is 19.1. The van der Waals surface area contributed by atoms with Crippen molar-refractivity contribution in [3.63, 3.8) is 0 Å². The highest BCUT2D eigenvalue weighted by molar-refractivity contribution is 6.01. The van der Waals surface area contributed by atoms with Crippen molar-refractivity contribution < 1.29 is 14.6 Å². The van der Waals surface area contributed by atoms with Gasteiger partial charge in [-0.15, -0.1) is 0 Å². The number of hydrogen-bond acceptors (Lipinski definition) is 5. The van der Waals surface area contributed by atoms with Crippen LogP contribution in [0.25, 0.3) is 6.08 Å². The van der Waals surface area contributed by atoms with Crippen LogP contribution >= 0.6 is 0 Å². The summed E-state index contributed by atoms with van der Waals surface area (Å²) in [5.41, 5.74) is 1.82. The number of para-hydroxylation sites is 1. The third-order valence-electron chi connectivity index (χ3n) is 4.55. The van der Waals surface area contributed by atoms with E-state index in [4.69, 9.17) is 4.74 Å². The largest absolute Gasteiger partial charge is 0.504 e. The van der Waals surface area contributed by atoms with Crippen LogP contribution in [0.3, 0.4) is 0 Å². The molecule has 0 saturated carbocycles. The number of nitriles is 1. The molecule has 0 atom stereocenters. The van der Waals surface area contributed by atoms with Gasteiger partial charge in [0, 0.05) is 31.9 Å². The molecule has 0 aromatic heterocycles. The molecule has 3 rings (SSSR count). The number of benzene rings is 2. The smallest absolute Gasteiger partial charge is 0.264 e. The van der Waals surface area contributed by atoms with E-state index in [0.717, 1.165) is 18.8 Å². The molecular weight excluding hydrogens is 342 g/mol. The first-order valence-corrected chi connectivity index (χ1v) is 8.70. The average molecular weight is 363 g/mol. The van der Waals surface area contributed by atoms with E-state index in [1.807, 2.05) is 24.3 Å². The molecule has 1 fully saturated rings. The molecule has 0 unspecified atom stereocenters. The first-order chi connectivity index (χ1) is 13.1. The maximum atomic E-state index is 12.7. The number of phenolic OH excluding ortho intramolecular Hbond substituents is 1. The van der Waals surface area contributed by atoms with Crippen LogP contribution in [-0.2, 0) is 4.79 Å². The normalized spacial score (nSPS) is 14.6. The van der Waals surface area contributed by atoms with Crippen LogP contribution in [0.15, 0.2) is 54.1 Å². The molecule has 1 N–H and O–H groups in total. The van der Waals surface area contributed by atoms with Gasteiger partial charge < -0.3 is 19.6 Å². The molecule has 138 valence electrons. The zero-order valence-corrected chi connectivity index (χ0v) is 15.1. The number of rotatable bonds is 4. The van der Waals surface area contributed by atoms with E-state index < -0.39 is 0 Å². The maximum Gasteiger partial charge on any atom is 0.264 e. The fourth-order valence-electron chi connectivity index (χ4n) is 3.07. The molecule has 1 amide bonds. The lowest BCUT2D eigenvalue weighted by Crippen LogP contribution is -2.49. The van der Waals surface area contributed by atoms with Crippen molar-refractivity contribution in [2.75, 3.05) is 38.2 Å². The Morgan fingerprint density at radius 2 is 1.85 bits per heavy atom. The number of hydrogen-bond donors (Lipinski definition) is 1. The van der Waals surface area contributed by atoms with Gasteiger partial charge in [-0.05, 0) is 35.9 Å². The minimum Gasteiger partial charge on any atom is -0.504 e. The van der Waals surface area contributed by atoms with Gasteiger partial charge in [0.15, 0.2) is 11.5 Å².